The van der Waals surface area contributed by atoms with E-state index in [2.05, 4.69) is 0 Å². The summed E-state index contributed by atoms with van der Waals surface area (Å²) < 4.78 is 51.9. The molecule has 2 N–H and O–H groups in total. The first-order chi connectivity index (χ1) is 8.19. The lowest BCUT2D eigenvalue weighted by Crippen LogP contribution is -2.27. The Kier molecular flexibility index (Phi) is 3.98. The zero-order chi connectivity index (χ0) is 14.0. The number of hydrogen-bond acceptors (Lipinski definition) is 1. The third-order valence-electron chi connectivity index (χ3n) is 2.72. The lowest BCUT2D eigenvalue weighted by Gasteiger charge is -2.23. The Morgan fingerprint density at radius 2 is 1.78 bits per heavy atom. The molecule has 1 rings (SSSR count). The molecule has 0 saturated carbocycles. The van der Waals surface area contributed by atoms with Crippen molar-refractivity contribution >= 4 is 5.91 Å². The molecule has 0 fully saturated rings. The van der Waals surface area contributed by atoms with Gasteiger partial charge in [-0.2, -0.15) is 13.2 Å². The van der Waals surface area contributed by atoms with Gasteiger partial charge in [0.1, 0.15) is 5.67 Å². The van der Waals surface area contributed by atoms with Crippen molar-refractivity contribution in [2.75, 3.05) is 0 Å². The fourth-order valence-corrected chi connectivity index (χ4v) is 1.68. The minimum absolute atomic E-state index is 0.128. The standard InChI is InChI=1S/C12H13F4NO/c1-2-11(13,7-10(17)18)8-4-3-5-9(6-8)12(14,15)16/h3-6H,2,7H2,1H3,(H2,17,18). The molecule has 0 aliphatic carbocycles. The molecule has 1 aromatic carbocycles. The van der Waals surface area contributed by atoms with Crippen LogP contribution in [0.5, 0.6) is 0 Å². The monoisotopic (exact) mass is 263 g/mol. The lowest BCUT2D eigenvalue weighted by molar-refractivity contribution is -0.137. The molecule has 0 aliphatic rings. The minimum Gasteiger partial charge on any atom is -0.370 e. The summed E-state index contributed by atoms with van der Waals surface area (Å²) in [6.45, 7) is 1.45. The number of carbonyl (C=O) groups excluding carboxylic acids is 1. The molecule has 0 bridgehead atoms. The van der Waals surface area contributed by atoms with Crippen molar-refractivity contribution < 1.29 is 22.4 Å². The summed E-state index contributed by atoms with van der Waals surface area (Å²) in [6.07, 6.45) is -5.31. The van der Waals surface area contributed by atoms with E-state index in [1.54, 1.807) is 0 Å². The Morgan fingerprint density at radius 3 is 2.22 bits per heavy atom. The molecule has 100 valence electrons. The number of hydrogen-bond donors (Lipinski definition) is 1. The van der Waals surface area contributed by atoms with E-state index in [1.165, 1.54) is 13.0 Å². The van der Waals surface area contributed by atoms with Crippen LogP contribution in [0, 0.1) is 0 Å². The fourth-order valence-electron chi connectivity index (χ4n) is 1.68. The van der Waals surface area contributed by atoms with Crippen molar-refractivity contribution in [1.29, 1.82) is 0 Å². The molecule has 18 heavy (non-hydrogen) atoms. The number of nitrogens with two attached hydrogens (primary N) is 1. The van der Waals surface area contributed by atoms with Crippen LogP contribution >= 0.6 is 0 Å². The molecule has 0 aromatic heterocycles. The average Bonchev–Trinajstić information content (AvgIpc) is 2.27. The summed E-state index contributed by atoms with van der Waals surface area (Å²) in [5.41, 5.74) is 1.63. The fraction of sp³-hybridized carbons (Fsp3) is 0.417. The maximum Gasteiger partial charge on any atom is 0.416 e. The summed E-state index contributed by atoms with van der Waals surface area (Å²) in [4.78, 5) is 10.8. The Bertz CT molecular complexity index is 444. The molecule has 0 saturated heterocycles. The number of carbonyl (C=O) groups is 1. The van der Waals surface area contributed by atoms with Gasteiger partial charge in [0.05, 0.1) is 12.0 Å². The number of amides is 1. The van der Waals surface area contributed by atoms with E-state index < -0.39 is 29.7 Å². The van der Waals surface area contributed by atoms with Crippen molar-refractivity contribution in [2.45, 2.75) is 31.6 Å². The van der Waals surface area contributed by atoms with Gasteiger partial charge in [-0.25, -0.2) is 4.39 Å². The maximum atomic E-state index is 14.4. The predicted molar refractivity (Wildman–Crippen MR) is 58.3 cm³/mol. The lowest BCUT2D eigenvalue weighted by atomic mass is 9.88. The Morgan fingerprint density at radius 1 is 1.22 bits per heavy atom. The molecule has 1 atom stereocenters. The second kappa shape index (κ2) is 4.96. The largest absolute Gasteiger partial charge is 0.416 e. The number of halogens is 4. The summed E-state index contributed by atoms with van der Waals surface area (Å²) in [6, 6.07) is 3.90. The van der Waals surface area contributed by atoms with Gasteiger partial charge in [-0.15, -0.1) is 0 Å². The number of rotatable bonds is 4. The highest BCUT2D eigenvalue weighted by Gasteiger charge is 2.36. The van der Waals surface area contributed by atoms with Gasteiger partial charge >= 0.3 is 6.18 Å². The molecule has 0 spiro atoms. The topological polar surface area (TPSA) is 43.1 Å². The van der Waals surface area contributed by atoms with E-state index in [-0.39, 0.29) is 12.0 Å². The number of benzene rings is 1. The first-order valence-corrected chi connectivity index (χ1v) is 5.34. The quantitative estimate of drug-likeness (QED) is 0.833. The molecular formula is C12H13F4NO. The van der Waals surface area contributed by atoms with E-state index >= 15 is 0 Å². The van der Waals surface area contributed by atoms with Crippen LogP contribution in [-0.2, 0) is 16.6 Å². The van der Waals surface area contributed by atoms with Crippen LogP contribution in [-0.4, -0.2) is 5.91 Å². The van der Waals surface area contributed by atoms with Gasteiger partial charge in [0, 0.05) is 0 Å². The van der Waals surface area contributed by atoms with Crippen LogP contribution in [0.1, 0.15) is 30.9 Å². The molecule has 1 unspecified atom stereocenters. The normalized spacial score (nSPS) is 15.2. The summed E-state index contributed by atoms with van der Waals surface area (Å²) in [7, 11) is 0. The second-order valence-electron chi connectivity index (χ2n) is 4.04. The Hall–Kier alpha value is -1.59. The highest BCUT2D eigenvalue weighted by Crippen LogP contribution is 2.37. The molecular weight excluding hydrogens is 250 g/mol. The van der Waals surface area contributed by atoms with Crippen molar-refractivity contribution in [2.24, 2.45) is 5.73 Å². The molecule has 1 amide bonds. The molecule has 0 heterocycles. The van der Waals surface area contributed by atoms with Gasteiger partial charge in [0.2, 0.25) is 5.91 Å². The zero-order valence-corrected chi connectivity index (χ0v) is 9.72. The maximum absolute atomic E-state index is 14.4. The number of alkyl halides is 4. The van der Waals surface area contributed by atoms with E-state index in [9.17, 15) is 22.4 Å². The van der Waals surface area contributed by atoms with Crippen LogP contribution in [0.15, 0.2) is 24.3 Å². The third kappa shape index (κ3) is 3.21. The highest BCUT2D eigenvalue weighted by atomic mass is 19.4. The first kappa shape index (κ1) is 14.5. The van der Waals surface area contributed by atoms with Gasteiger partial charge in [0.15, 0.2) is 0 Å². The van der Waals surface area contributed by atoms with Crippen LogP contribution in [0.4, 0.5) is 17.6 Å². The van der Waals surface area contributed by atoms with Crippen LogP contribution in [0.25, 0.3) is 0 Å². The van der Waals surface area contributed by atoms with Gasteiger partial charge in [-0.1, -0.05) is 19.1 Å². The molecule has 1 aromatic rings. The zero-order valence-electron chi connectivity index (χ0n) is 9.72. The van der Waals surface area contributed by atoms with E-state index in [0.717, 1.165) is 12.1 Å². The minimum atomic E-state index is -4.54. The van der Waals surface area contributed by atoms with Crippen molar-refractivity contribution in [3.8, 4) is 0 Å². The van der Waals surface area contributed by atoms with Crippen LogP contribution in [0.2, 0.25) is 0 Å². The second-order valence-corrected chi connectivity index (χ2v) is 4.04. The SMILES string of the molecule is CCC(F)(CC(N)=O)c1cccc(C(F)(F)F)c1. The molecule has 0 radical (unpaired) electrons. The highest BCUT2D eigenvalue weighted by molar-refractivity contribution is 5.75. The van der Waals surface area contributed by atoms with E-state index in [4.69, 9.17) is 5.73 Å². The van der Waals surface area contributed by atoms with Crippen molar-refractivity contribution in [1.82, 2.24) is 0 Å². The number of primary amides is 1. The Labute approximate surface area is 102 Å². The summed E-state index contributed by atoms with van der Waals surface area (Å²) in [5, 5.41) is 0. The van der Waals surface area contributed by atoms with Crippen LogP contribution in [0.3, 0.4) is 0 Å². The average molecular weight is 263 g/mol. The van der Waals surface area contributed by atoms with Gasteiger partial charge in [0.25, 0.3) is 0 Å². The molecule has 2 nitrogen and oxygen atoms in total. The van der Waals surface area contributed by atoms with Gasteiger partial charge < -0.3 is 5.73 Å². The smallest absolute Gasteiger partial charge is 0.370 e. The molecule has 6 heteroatoms. The van der Waals surface area contributed by atoms with Gasteiger partial charge in [-0.3, -0.25) is 4.79 Å². The molecule has 0 aliphatic heterocycles. The van der Waals surface area contributed by atoms with Crippen molar-refractivity contribution in [3.05, 3.63) is 35.4 Å². The van der Waals surface area contributed by atoms with Gasteiger partial charge in [-0.05, 0) is 24.1 Å². The first-order valence-electron chi connectivity index (χ1n) is 5.34. The summed E-state index contributed by atoms with van der Waals surface area (Å²) >= 11 is 0. The van der Waals surface area contributed by atoms with E-state index in [0.29, 0.717) is 6.07 Å². The third-order valence-corrected chi connectivity index (χ3v) is 2.72. The Balaban J connectivity index is 3.19. The van der Waals surface area contributed by atoms with E-state index in [1.807, 2.05) is 0 Å². The summed E-state index contributed by atoms with van der Waals surface area (Å²) in [5.74, 6) is -0.892. The van der Waals surface area contributed by atoms with Crippen LogP contribution < -0.4 is 5.73 Å². The van der Waals surface area contributed by atoms with Crippen molar-refractivity contribution in [3.63, 3.8) is 0 Å². The predicted octanol–water partition coefficient (Wildman–Crippen LogP) is 3.16.